The summed E-state index contributed by atoms with van der Waals surface area (Å²) in [4.78, 5) is 37.9. The van der Waals surface area contributed by atoms with Crippen molar-refractivity contribution in [3.05, 3.63) is 122 Å². The molecule has 0 fully saturated rings. The van der Waals surface area contributed by atoms with Gasteiger partial charge in [-0.25, -0.2) is 0 Å². The minimum Gasteiger partial charge on any atom is -0.462 e. The molecule has 0 aromatic carbocycles. The number of carbonyl (C=O) groups excluding carboxylic acids is 3. The second-order valence-corrected chi connectivity index (χ2v) is 16.7. The highest BCUT2D eigenvalue weighted by Crippen LogP contribution is 2.13. The summed E-state index contributed by atoms with van der Waals surface area (Å²) >= 11 is 0. The third-order valence-corrected chi connectivity index (χ3v) is 10.5. The Morgan fingerprint density at radius 3 is 1.02 bits per heavy atom. The molecule has 6 nitrogen and oxygen atoms in total. The lowest BCUT2D eigenvalue weighted by Crippen LogP contribution is -2.30. The van der Waals surface area contributed by atoms with E-state index in [0.717, 1.165) is 116 Å². The standard InChI is InChI=1S/C59H94O6/c1-4-7-10-13-16-19-22-24-26-27-28-29-30-31-33-34-37-40-43-46-49-52-58(61)64-55-56(54-63-57(60)51-48-45-42-39-36-21-18-15-12-9-6-3)65-59(62)53-50-47-44-41-38-35-32-25-23-20-17-14-11-8-5-2/h7-8,10-11,16-17,19-20,24-26,28-29,31-33,38,41,47,50,56H,4-6,9,12-15,18,21-23,27,30,34-37,39-40,42-46,48-49,51-55H2,1-3H3/b10-7-,11-8-,19-16-,20-17-,26-24-,29-28-,32-25-,33-31-,41-38-,50-47-. The molecule has 0 amide bonds. The SMILES string of the molecule is CC/C=C\C/C=C\C/C=C\C/C=C\C/C=C\CCCCCCCC(=O)OCC(COC(=O)CCCCCCCCCCCCC)OC(=O)C/C=C\C/C=C\C/C=C\C/C=C\C/C=C\CC. The Morgan fingerprint density at radius 2 is 0.646 bits per heavy atom. The average molecular weight is 899 g/mol. The Kier molecular flexibility index (Phi) is 49.1. The molecule has 0 bridgehead atoms. The third-order valence-electron chi connectivity index (χ3n) is 10.5. The largest absolute Gasteiger partial charge is 0.462 e. The minimum atomic E-state index is -0.841. The second kappa shape index (κ2) is 52.4. The molecule has 0 aromatic heterocycles. The second-order valence-electron chi connectivity index (χ2n) is 16.7. The van der Waals surface area contributed by atoms with Crippen LogP contribution in [0.15, 0.2) is 122 Å². The first-order chi connectivity index (χ1) is 32.0. The molecular formula is C59H94O6. The summed E-state index contributed by atoms with van der Waals surface area (Å²) in [5, 5.41) is 0. The topological polar surface area (TPSA) is 78.9 Å². The fraction of sp³-hybridized carbons (Fsp3) is 0.610. The summed E-state index contributed by atoms with van der Waals surface area (Å²) in [7, 11) is 0. The summed E-state index contributed by atoms with van der Waals surface area (Å²) in [6, 6.07) is 0. The Bertz CT molecular complexity index is 1400. The minimum absolute atomic E-state index is 0.0890. The van der Waals surface area contributed by atoms with Gasteiger partial charge in [-0.1, -0.05) is 226 Å². The van der Waals surface area contributed by atoms with Crippen LogP contribution in [0.5, 0.6) is 0 Å². The molecule has 0 saturated carbocycles. The lowest BCUT2D eigenvalue weighted by atomic mass is 10.1. The quantitative estimate of drug-likeness (QED) is 0.0262. The third kappa shape index (κ3) is 50.7. The molecule has 1 unspecified atom stereocenters. The van der Waals surface area contributed by atoms with Crippen molar-refractivity contribution in [1.82, 2.24) is 0 Å². The van der Waals surface area contributed by atoms with E-state index >= 15 is 0 Å². The van der Waals surface area contributed by atoms with Crippen LogP contribution in [0.4, 0.5) is 0 Å². The molecule has 65 heavy (non-hydrogen) atoms. The van der Waals surface area contributed by atoms with Gasteiger partial charge in [-0.15, -0.1) is 0 Å². The molecule has 0 aromatic rings. The molecule has 0 spiro atoms. The zero-order valence-corrected chi connectivity index (χ0v) is 41.7. The predicted octanol–water partition coefficient (Wildman–Crippen LogP) is 17.3. The Morgan fingerprint density at radius 1 is 0.338 bits per heavy atom. The number of rotatable bonds is 45. The highest BCUT2D eigenvalue weighted by Gasteiger charge is 2.19. The molecule has 0 heterocycles. The Labute approximate surface area is 399 Å². The molecule has 0 N–H and O–H groups in total. The Hall–Kier alpha value is -4.19. The van der Waals surface area contributed by atoms with Crippen LogP contribution in [-0.4, -0.2) is 37.2 Å². The van der Waals surface area contributed by atoms with Gasteiger partial charge in [0.1, 0.15) is 13.2 Å². The molecular weight excluding hydrogens is 805 g/mol. The molecule has 6 heteroatoms. The normalized spacial score (nSPS) is 13.1. The van der Waals surface area contributed by atoms with Gasteiger partial charge in [0.25, 0.3) is 0 Å². The zero-order chi connectivity index (χ0) is 47.2. The number of allylic oxidation sites excluding steroid dienone is 19. The highest BCUT2D eigenvalue weighted by molar-refractivity contribution is 5.72. The van der Waals surface area contributed by atoms with Crippen molar-refractivity contribution < 1.29 is 28.6 Å². The van der Waals surface area contributed by atoms with Gasteiger partial charge >= 0.3 is 17.9 Å². The molecule has 1 atom stereocenters. The number of ether oxygens (including phenoxy) is 3. The van der Waals surface area contributed by atoms with Gasteiger partial charge in [-0.05, 0) is 89.9 Å². The van der Waals surface area contributed by atoms with E-state index in [1.807, 2.05) is 6.08 Å². The maximum Gasteiger partial charge on any atom is 0.310 e. The Balaban J connectivity index is 4.51. The van der Waals surface area contributed by atoms with E-state index in [1.165, 1.54) is 51.4 Å². The maximum absolute atomic E-state index is 12.7. The number of esters is 3. The van der Waals surface area contributed by atoms with E-state index in [4.69, 9.17) is 14.2 Å². The fourth-order valence-corrected chi connectivity index (χ4v) is 6.66. The van der Waals surface area contributed by atoms with Crippen molar-refractivity contribution in [2.45, 2.75) is 219 Å². The van der Waals surface area contributed by atoms with Crippen LogP contribution >= 0.6 is 0 Å². The van der Waals surface area contributed by atoms with Crippen LogP contribution < -0.4 is 0 Å². The first-order valence-corrected chi connectivity index (χ1v) is 26.0. The summed E-state index contributed by atoms with van der Waals surface area (Å²) in [5.41, 5.74) is 0. The van der Waals surface area contributed by atoms with Crippen LogP contribution in [0, 0.1) is 0 Å². The molecule has 366 valence electrons. The molecule has 0 saturated heterocycles. The number of carbonyl (C=O) groups is 3. The van der Waals surface area contributed by atoms with Crippen molar-refractivity contribution in [2.24, 2.45) is 0 Å². The van der Waals surface area contributed by atoms with Crippen LogP contribution in [0.2, 0.25) is 0 Å². The number of hydrogen-bond acceptors (Lipinski definition) is 6. The van der Waals surface area contributed by atoms with E-state index in [0.29, 0.717) is 19.3 Å². The molecule has 0 aliphatic heterocycles. The van der Waals surface area contributed by atoms with Gasteiger partial charge in [-0.3, -0.25) is 14.4 Å². The van der Waals surface area contributed by atoms with Gasteiger partial charge in [0.2, 0.25) is 0 Å². The summed E-state index contributed by atoms with van der Waals surface area (Å²) in [6.45, 7) is 6.28. The van der Waals surface area contributed by atoms with Crippen LogP contribution in [0.25, 0.3) is 0 Å². The molecule has 0 aliphatic carbocycles. The molecule has 0 radical (unpaired) electrons. The molecule has 0 aliphatic rings. The smallest absolute Gasteiger partial charge is 0.310 e. The highest BCUT2D eigenvalue weighted by atomic mass is 16.6. The van der Waals surface area contributed by atoms with Gasteiger partial charge in [-0.2, -0.15) is 0 Å². The van der Waals surface area contributed by atoms with Crippen LogP contribution in [-0.2, 0) is 28.6 Å². The maximum atomic E-state index is 12.7. The van der Waals surface area contributed by atoms with Crippen molar-refractivity contribution in [1.29, 1.82) is 0 Å². The van der Waals surface area contributed by atoms with Crippen molar-refractivity contribution >= 4 is 17.9 Å². The number of hydrogen-bond donors (Lipinski definition) is 0. The lowest BCUT2D eigenvalue weighted by molar-refractivity contribution is -0.166. The van der Waals surface area contributed by atoms with Crippen molar-refractivity contribution in [2.75, 3.05) is 13.2 Å². The monoisotopic (exact) mass is 899 g/mol. The first-order valence-electron chi connectivity index (χ1n) is 26.0. The van der Waals surface area contributed by atoms with E-state index in [2.05, 4.69) is 130 Å². The van der Waals surface area contributed by atoms with E-state index in [9.17, 15) is 14.4 Å². The average Bonchev–Trinajstić information content (AvgIpc) is 3.30. The predicted molar refractivity (Wildman–Crippen MR) is 279 cm³/mol. The van der Waals surface area contributed by atoms with E-state index in [1.54, 1.807) is 6.08 Å². The molecule has 0 rings (SSSR count). The van der Waals surface area contributed by atoms with Crippen LogP contribution in [0.3, 0.4) is 0 Å². The summed E-state index contributed by atoms with van der Waals surface area (Å²) in [6.07, 6.45) is 72.1. The fourth-order valence-electron chi connectivity index (χ4n) is 6.66. The van der Waals surface area contributed by atoms with Gasteiger partial charge in [0.05, 0.1) is 6.42 Å². The first kappa shape index (κ1) is 60.8. The summed E-state index contributed by atoms with van der Waals surface area (Å²) < 4.78 is 16.7. The van der Waals surface area contributed by atoms with Gasteiger partial charge in [0, 0.05) is 12.8 Å². The van der Waals surface area contributed by atoms with Crippen LogP contribution in [0.1, 0.15) is 213 Å². The van der Waals surface area contributed by atoms with Crippen molar-refractivity contribution in [3.63, 3.8) is 0 Å². The lowest BCUT2D eigenvalue weighted by Gasteiger charge is -2.18. The van der Waals surface area contributed by atoms with Crippen molar-refractivity contribution in [3.8, 4) is 0 Å². The number of unbranched alkanes of at least 4 members (excludes halogenated alkanes) is 15. The van der Waals surface area contributed by atoms with Gasteiger partial charge < -0.3 is 14.2 Å². The van der Waals surface area contributed by atoms with E-state index in [-0.39, 0.29) is 31.6 Å². The van der Waals surface area contributed by atoms with Gasteiger partial charge in [0.15, 0.2) is 6.10 Å². The summed E-state index contributed by atoms with van der Waals surface area (Å²) in [5.74, 6) is -1.08. The zero-order valence-electron chi connectivity index (χ0n) is 41.7. The van der Waals surface area contributed by atoms with E-state index < -0.39 is 12.1 Å².